The van der Waals surface area contributed by atoms with Crippen LogP contribution in [0.15, 0.2) is 28.9 Å². The van der Waals surface area contributed by atoms with E-state index in [1.165, 1.54) is 0 Å². The van der Waals surface area contributed by atoms with Gasteiger partial charge in [0.2, 0.25) is 0 Å². The Kier molecular flexibility index (Phi) is 4.01. The molecule has 0 fully saturated rings. The maximum Gasteiger partial charge on any atom is 0.271 e. The summed E-state index contributed by atoms with van der Waals surface area (Å²) in [5.41, 5.74) is 1.18. The highest BCUT2D eigenvalue weighted by molar-refractivity contribution is 5.93. The topological polar surface area (TPSA) is 63.3 Å². The summed E-state index contributed by atoms with van der Waals surface area (Å²) in [7, 11) is 5.71. The van der Waals surface area contributed by atoms with E-state index in [-0.39, 0.29) is 5.91 Å². The molecule has 0 radical (unpaired) electrons. The number of furan rings is 1. The van der Waals surface area contributed by atoms with E-state index in [9.17, 15) is 4.79 Å². The molecule has 6 nitrogen and oxygen atoms in total. The van der Waals surface area contributed by atoms with Gasteiger partial charge in [0.05, 0.1) is 6.26 Å². The normalized spacial score (nSPS) is 10.9. The summed E-state index contributed by atoms with van der Waals surface area (Å²) in [5.74, 6) is 0.526. The first kappa shape index (κ1) is 13.4. The third-order valence-electron chi connectivity index (χ3n) is 2.73. The van der Waals surface area contributed by atoms with Crippen molar-refractivity contribution in [1.29, 1.82) is 0 Å². The maximum atomic E-state index is 11.9. The molecule has 1 amide bonds. The molecule has 0 saturated heterocycles. The molecule has 0 aliphatic rings. The molecule has 19 heavy (non-hydrogen) atoms. The Hall–Kier alpha value is -2.08. The van der Waals surface area contributed by atoms with Crippen LogP contribution in [0.4, 0.5) is 0 Å². The summed E-state index contributed by atoms with van der Waals surface area (Å²) in [5, 5.41) is 7.02. The molecule has 2 aromatic rings. The van der Waals surface area contributed by atoms with Crippen LogP contribution >= 0.6 is 0 Å². The van der Waals surface area contributed by atoms with Gasteiger partial charge in [-0.1, -0.05) is 0 Å². The molecule has 2 heterocycles. The van der Waals surface area contributed by atoms with Gasteiger partial charge in [-0.05, 0) is 26.2 Å². The minimum Gasteiger partial charge on any atom is -0.463 e. The van der Waals surface area contributed by atoms with Crippen LogP contribution in [0.1, 0.15) is 10.5 Å². The Labute approximate surface area is 112 Å². The molecule has 2 aromatic heterocycles. The summed E-state index contributed by atoms with van der Waals surface area (Å²) in [6, 6.07) is 5.37. The lowest BCUT2D eigenvalue weighted by molar-refractivity contribution is 0.0945. The number of nitrogens with one attached hydrogen (secondary N) is 1. The van der Waals surface area contributed by atoms with Gasteiger partial charge in [-0.3, -0.25) is 9.48 Å². The van der Waals surface area contributed by atoms with Gasteiger partial charge in [0.15, 0.2) is 11.5 Å². The van der Waals surface area contributed by atoms with E-state index < -0.39 is 0 Å². The average Bonchev–Trinajstić information content (AvgIpc) is 2.96. The highest BCUT2D eigenvalue weighted by Gasteiger charge is 2.14. The number of aromatic nitrogens is 2. The number of rotatable bonds is 5. The maximum absolute atomic E-state index is 11.9. The van der Waals surface area contributed by atoms with E-state index in [4.69, 9.17) is 4.42 Å². The smallest absolute Gasteiger partial charge is 0.271 e. The molecule has 0 aromatic carbocycles. The van der Waals surface area contributed by atoms with Crippen molar-refractivity contribution in [3.05, 3.63) is 30.2 Å². The molecule has 0 atom stereocenters. The van der Waals surface area contributed by atoms with Gasteiger partial charge in [-0.15, -0.1) is 0 Å². The number of nitrogens with zero attached hydrogens (tertiary/aromatic N) is 3. The van der Waals surface area contributed by atoms with Gasteiger partial charge in [-0.25, -0.2) is 0 Å². The predicted molar refractivity (Wildman–Crippen MR) is 71.8 cm³/mol. The van der Waals surface area contributed by atoms with Gasteiger partial charge >= 0.3 is 0 Å². The lowest BCUT2D eigenvalue weighted by Crippen LogP contribution is -2.31. The quantitative estimate of drug-likeness (QED) is 0.872. The van der Waals surface area contributed by atoms with E-state index in [0.29, 0.717) is 18.0 Å². The second-order valence-electron chi connectivity index (χ2n) is 4.57. The highest BCUT2D eigenvalue weighted by atomic mass is 16.3. The van der Waals surface area contributed by atoms with Crippen molar-refractivity contribution in [2.75, 3.05) is 27.2 Å². The number of carbonyl (C=O) groups is 1. The van der Waals surface area contributed by atoms with Crippen LogP contribution in [-0.2, 0) is 7.05 Å². The van der Waals surface area contributed by atoms with Crippen LogP contribution in [-0.4, -0.2) is 47.8 Å². The van der Waals surface area contributed by atoms with Crippen LogP contribution in [0.25, 0.3) is 11.5 Å². The summed E-state index contributed by atoms with van der Waals surface area (Å²) in [6.07, 6.45) is 1.60. The zero-order valence-electron chi connectivity index (χ0n) is 11.4. The Bertz CT molecular complexity index is 543. The van der Waals surface area contributed by atoms with Gasteiger partial charge < -0.3 is 14.6 Å². The molecule has 0 aliphatic heterocycles. The molecule has 2 rings (SSSR count). The molecule has 0 spiro atoms. The zero-order chi connectivity index (χ0) is 13.8. The zero-order valence-corrected chi connectivity index (χ0v) is 11.4. The number of likely N-dealkylation sites (N-methyl/N-ethyl adjacent to an activating group) is 1. The number of amides is 1. The molecular weight excluding hydrogens is 244 g/mol. The Balaban J connectivity index is 2.05. The molecule has 0 saturated carbocycles. The van der Waals surface area contributed by atoms with Crippen LogP contribution in [0.5, 0.6) is 0 Å². The first-order valence-electron chi connectivity index (χ1n) is 6.09. The van der Waals surface area contributed by atoms with Crippen molar-refractivity contribution in [2.24, 2.45) is 7.05 Å². The minimum atomic E-state index is -0.171. The molecule has 0 bridgehead atoms. The van der Waals surface area contributed by atoms with Gasteiger partial charge in [0, 0.05) is 26.2 Å². The lowest BCUT2D eigenvalue weighted by atomic mass is 10.3. The minimum absolute atomic E-state index is 0.171. The fourth-order valence-electron chi connectivity index (χ4n) is 1.72. The lowest BCUT2D eigenvalue weighted by Gasteiger charge is -2.09. The highest BCUT2D eigenvalue weighted by Crippen LogP contribution is 2.19. The summed E-state index contributed by atoms with van der Waals surface area (Å²) >= 11 is 0. The third-order valence-corrected chi connectivity index (χ3v) is 2.73. The van der Waals surface area contributed by atoms with Crippen molar-refractivity contribution in [1.82, 2.24) is 20.0 Å². The number of aryl methyl sites for hydroxylation is 1. The van der Waals surface area contributed by atoms with Crippen molar-refractivity contribution >= 4 is 5.91 Å². The molecule has 0 aliphatic carbocycles. The first-order valence-corrected chi connectivity index (χ1v) is 6.09. The van der Waals surface area contributed by atoms with Crippen molar-refractivity contribution in [3.8, 4) is 11.5 Å². The SMILES string of the molecule is CN(C)CCNC(=O)c1cc(-c2ccco2)n(C)n1. The largest absolute Gasteiger partial charge is 0.463 e. The predicted octanol–water partition coefficient (Wildman–Crippen LogP) is 0.971. The Morgan fingerprint density at radius 2 is 2.32 bits per heavy atom. The van der Waals surface area contributed by atoms with Gasteiger partial charge in [0.1, 0.15) is 5.69 Å². The van der Waals surface area contributed by atoms with Crippen molar-refractivity contribution in [3.63, 3.8) is 0 Å². The second-order valence-corrected chi connectivity index (χ2v) is 4.57. The van der Waals surface area contributed by atoms with Crippen molar-refractivity contribution in [2.45, 2.75) is 0 Å². The number of hydrogen-bond donors (Lipinski definition) is 1. The van der Waals surface area contributed by atoms with Crippen LogP contribution in [0, 0.1) is 0 Å². The fourth-order valence-corrected chi connectivity index (χ4v) is 1.72. The van der Waals surface area contributed by atoms with Crippen LogP contribution in [0.3, 0.4) is 0 Å². The van der Waals surface area contributed by atoms with Crippen LogP contribution < -0.4 is 5.32 Å². The number of hydrogen-bond acceptors (Lipinski definition) is 4. The molecule has 1 N–H and O–H groups in total. The van der Waals surface area contributed by atoms with Gasteiger partial charge in [0.25, 0.3) is 5.91 Å². The van der Waals surface area contributed by atoms with E-state index in [1.54, 1.807) is 30.1 Å². The van der Waals surface area contributed by atoms with E-state index in [2.05, 4.69) is 10.4 Å². The monoisotopic (exact) mass is 262 g/mol. The van der Waals surface area contributed by atoms with Gasteiger partial charge in [-0.2, -0.15) is 5.10 Å². The van der Waals surface area contributed by atoms with E-state index in [0.717, 1.165) is 12.2 Å². The summed E-state index contributed by atoms with van der Waals surface area (Å²) < 4.78 is 6.95. The summed E-state index contributed by atoms with van der Waals surface area (Å²) in [4.78, 5) is 13.9. The third kappa shape index (κ3) is 3.23. The molecule has 102 valence electrons. The summed E-state index contributed by atoms with van der Waals surface area (Å²) in [6.45, 7) is 1.39. The molecular formula is C13H18N4O2. The Morgan fingerprint density at radius 1 is 1.53 bits per heavy atom. The second kappa shape index (κ2) is 5.71. The van der Waals surface area contributed by atoms with E-state index in [1.807, 2.05) is 25.1 Å². The van der Waals surface area contributed by atoms with E-state index >= 15 is 0 Å². The fraction of sp³-hybridized carbons (Fsp3) is 0.385. The standard InChI is InChI=1S/C13H18N4O2/c1-16(2)7-6-14-13(18)10-9-11(17(3)15-10)12-5-4-8-19-12/h4-5,8-9H,6-7H2,1-3H3,(H,14,18). The molecule has 6 heteroatoms. The Morgan fingerprint density at radius 3 is 2.95 bits per heavy atom. The molecule has 0 unspecified atom stereocenters. The first-order chi connectivity index (χ1) is 9.08. The average molecular weight is 262 g/mol. The number of carbonyl (C=O) groups excluding carboxylic acids is 1. The van der Waals surface area contributed by atoms with Crippen molar-refractivity contribution < 1.29 is 9.21 Å². The van der Waals surface area contributed by atoms with Crippen LogP contribution in [0.2, 0.25) is 0 Å².